The van der Waals surface area contributed by atoms with Gasteiger partial charge in [-0.25, -0.2) is 9.78 Å². The number of imidazole rings is 1. The van der Waals surface area contributed by atoms with Crippen LogP contribution in [0, 0.1) is 0 Å². The van der Waals surface area contributed by atoms with Crippen molar-refractivity contribution in [3.8, 4) is 0 Å². The molecule has 0 saturated heterocycles. The lowest BCUT2D eigenvalue weighted by Crippen LogP contribution is -2.53. The van der Waals surface area contributed by atoms with Gasteiger partial charge in [0.15, 0.2) is 0 Å². The maximum Gasteiger partial charge on any atom is 0.326 e. The van der Waals surface area contributed by atoms with Crippen molar-refractivity contribution >= 4 is 29.7 Å². The number of aromatic nitrogens is 2. The largest absolute Gasteiger partial charge is 0.481 e. The lowest BCUT2D eigenvalue weighted by atomic mass is 10.1. The summed E-state index contributed by atoms with van der Waals surface area (Å²) in [5.41, 5.74) is 6.35. The minimum absolute atomic E-state index is 0.187. The number of hydrogen-bond acceptors (Lipinski definition) is 7. The zero-order valence-electron chi connectivity index (χ0n) is 15.0. The standard InChI is InChI=1S/C15H22N6O7/c1-7(13(25)21-10(15(27)28)3-12(23)24)20-11(22)5-18-14(26)9(16)2-8-4-17-6-19-8/h4,6-7,9-10H,2-3,5,16H2,1H3,(H,17,19)(H,18,26)(H,20,22)(H,21,25)(H,23,24)(H,27,28). The van der Waals surface area contributed by atoms with Gasteiger partial charge >= 0.3 is 11.9 Å². The second-order valence-electron chi connectivity index (χ2n) is 5.89. The molecule has 1 aromatic rings. The molecule has 0 radical (unpaired) electrons. The van der Waals surface area contributed by atoms with E-state index < -0.39 is 60.8 Å². The Morgan fingerprint density at radius 2 is 1.86 bits per heavy atom. The summed E-state index contributed by atoms with van der Waals surface area (Å²) in [4.78, 5) is 63.7. The van der Waals surface area contributed by atoms with E-state index in [-0.39, 0.29) is 6.42 Å². The summed E-state index contributed by atoms with van der Waals surface area (Å²) in [7, 11) is 0. The number of carboxylic acid groups (broad SMARTS) is 2. The number of carbonyl (C=O) groups excluding carboxylic acids is 3. The summed E-state index contributed by atoms with van der Waals surface area (Å²) in [6.45, 7) is 0.823. The van der Waals surface area contributed by atoms with Crippen molar-refractivity contribution in [3.63, 3.8) is 0 Å². The molecule has 0 saturated carbocycles. The Hall–Kier alpha value is -3.48. The number of carbonyl (C=O) groups is 5. The molecule has 154 valence electrons. The number of rotatable bonds is 11. The topological polar surface area (TPSA) is 217 Å². The number of carboxylic acids is 2. The van der Waals surface area contributed by atoms with Crippen molar-refractivity contribution in [1.29, 1.82) is 0 Å². The summed E-state index contributed by atoms with van der Waals surface area (Å²) in [5.74, 6) is -5.11. The molecule has 0 spiro atoms. The first-order chi connectivity index (χ1) is 13.1. The van der Waals surface area contributed by atoms with Crippen molar-refractivity contribution in [1.82, 2.24) is 25.9 Å². The number of H-pyrrole nitrogens is 1. The Kier molecular flexibility index (Phi) is 8.55. The zero-order valence-corrected chi connectivity index (χ0v) is 15.0. The van der Waals surface area contributed by atoms with E-state index in [0.29, 0.717) is 5.69 Å². The van der Waals surface area contributed by atoms with Crippen LogP contribution in [-0.4, -0.2) is 74.5 Å². The molecular weight excluding hydrogens is 376 g/mol. The molecule has 3 atom stereocenters. The van der Waals surface area contributed by atoms with Gasteiger partial charge in [0.1, 0.15) is 12.1 Å². The zero-order chi connectivity index (χ0) is 21.3. The molecule has 0 bridgehead atoms. The number of nitrogens with one attached hydrogen (secondary N) is 4. The fourth-order valence-electron chi connectivity index (χ4n) is 2.05. The highest BCUT2D eigenvalue weighted by atomic mass is 16.4. The second-order valence-corrected chi connectivity index (χ2v) is 5.89. The molecule has 0 aromatic carbocycles. The van der Waals surface area contributed by atoms with Crippen LogP contribution < -0.4 is 21.7 Å². The third-order valence-corrected chi connectivity index (χ3v) is 3.52. The number of hydrogen-bond donors (Lipinski definition) is 7. The highest BCUT2D eigenvalue weighted by molar-refractivity contribution is 5.93. The molecule has 0 aliphatic carbocycles. The van der Waals surface area contributed by atoms with Gasteiger partial charge < -0.3 is 36.9 Å². The van der Waals surface area contributed by atoms with E-state index in [0.717, 1.165) is 0 Å². The Morgan fingerprint density at radius 3 is 2.39 bits per heavy atom. The SMILES string of the molecule is CC(NC(=O)CNC(=O)C(N)Cc1cnc[nH]1)C(=O)NC(CC(=O)O)C(=O)O. The van der Waals surface area contributed by atoms with Crippen molar-refractivity contribution in [3.05, 3.63) is 18.2 Å². The quantitative estimate of drug-likeness (QED) is 0.201. The Balaban J connectivity index is 2.42. The summed E-state index contributed by atoms with van der Waals surface area (Å²) >= 11 is 0. The van der Waals surface area contributed by atoms with E-state index in [9.17, 15) is 24.0 Å². The van der Waals surface area contributed by atoms with E-state index in [1.807, 2.05) is 5.32 Å². The van der Waals surface area contributed by atoms with Gasteiger partial charge in [-0.2, -0.15) is 0 Å². The van der Waals surface area contributed by atoms with Crippen LogP contribution in [0.1, 0.15) is 19.0 Å². The fraction of sp³-hybridized carbons (Fsp3) is 0.467. The molecule has 28 heavy (non-hydrogen) atoms. The Morgan fingerprint density at radius 1 is 1.18 bits per heavy atom. The van der Waals surface area contributed by atoms with E-state index in [1.165, 1.54) is 19.4 Å². The van der Waals surface area contributed by atoms with E-state index in [1.54, 1.807) is 0 Å². The van der Waals surface area contributed by atoms with Gasteiger partial charge in [0.05, 0.1) is 25.3 Å². The van der Waals surface area contributed by atoms with Crippen molar-refractivity contribution < 1.29 is 34.2 Å². The second kappa shape index (κ2) is 10.6. The summed E-state index contributed by atoms with van der Waals surface area (Å²) in [6.07, 6.45) is 2.32. The first-order valence-corrected chi connectivity index (χ1v) is 8.15. The Bertz CT molecular complexity index is 720. The van der Waals surface area contributed by atoms with Crippen molar-refractivity contribution in [2.24, 2.45) is 5.73 Å². The molecule has 1 rings (SSSR count). The van der Waals surface area contributed by atoms with Gasteiger partial charge in [-0.05, 0) is 6.92 Å². The molecule has 13 nitrogen and oxygen atoms in total. The average molecular weight is 398 g/mol. The molecule has 0 aliphatic heterocycles. The first-order valence-electron chi connectivity index (χ1n) is 8.15. The molecule has 1 heterocycles. The van der Waals surface area contributed by atoms with Gasteiger partial charge in [-0.3, -0.25) is 19.2 Å². The van der Waals surface area contributed by atoms with E-state index in [2.05, 4.69) is 20.6 Å². The van der Waals surface area contributed by atoms with Crippen LogP contribution in [0.5, 0.6) is 0 Å². The number of aliphatic carboxylic acids is 2. The maximum absolute atomic E-state index is 11.9. The molecular formula is C15H22N6O7. The van der Waals surface area contributed by atoms with Gasteiger partial charge in [0.2, 0.25) is 17.7 Å². The molecule has 1 aromatic heterocycles. The molecule has 3 unspecified atom stereocenters. The highest BCUT2D eigenvalue weighted by Gasteiger charge is 2.26. The van der Waals surface area contributed by atoms with Crippen LogP contribution in [0.3, 0.4) is 0 Å². The molecule has 8 N–H and O–H groups in total. The van der Waals surface area contributed by atoms with Crippen LogP contribution in [0.4, 0.5) is 0 Å². The fourth-order valence-corrected chi connectivity index (χ4v) is 2.05. The number of nitrogens with zero attached hydrogens (tertiary/aromatic N) is 1. The third-order valence-electron chi connectivity index (χ3n) is 3.52. The van der Waals surface area contributed by atoms with Crippen LogP contribution in [-0.2, 0) is 30.4 Å². The van der Waals surface area contributed by atoms with Gasteiger partial charge in [0.25, 0.3) is 0 Å². The number of amides is 3. The molecule has 0 fully saturated rings. The van der Waals surface area contributed by atoms with Crippen LogP contribution >= 0.6 is 0 Å². The van der Waals surface area contributed by atoms with E-state index in [4.69, 9.17) is 15.9 Å². The van der Waals surface area contributed by atoms with Crippen molar-refractivity contribution in [2.75, 3.05) is 6.54 Å². The summed E-state index contributed by atoms with van der Waals surface area (Å²) in [5, 5.41) is 24.1. The molecule has 3 amide bonds. The minimum atomic E-state index is -1.63. The van der Waals surface area contributed by atoms with Gasteiger partial charge in [-0.15, -0.1) is 0 Å². The normalized spacial score (nSPS) is 13.6. The average Bonchev–Trinajstić information content (AvgIpc) is 3.11. The monoisotopic (exact) mass is 398 g/mol. The third kappa shape index (κ3) is 7.82. The Labute approximate surface area is 159 Å². The lowest BCUT2D eigenvalue weighted by molar-refractivity contribution is -0.147. The lowest BCUT2D eigenvalue weighted by Gasteiger charge is -2.18. The summed E-state index contributed by atoms with van der Waals surface area (Å²) < 4.78 is 0. The molecule has 13 heteroatoms. The van der Waals surface area contributed by atoms with Crippen LogP contribution in [0.2, 0.25) is 0 Å². The predicted molar refractivity (Wildman–Crippen MR) is 92.7 cm³/mol. The van der Waals surface area contributed by atoms with Crippen molar-refractivity contribution in [2.45, 2.75) is 37.9 Å². The maximum atomic E-state index is 11.9. The smallest absolute Gasteiger partial charge is 0.326 e. The number of aromatic amines is 1. The van der Waals surface area contributed by atoms with Crippen LogP contribution in [0.25, 0.3) is 0 Å². The predicted octanol–water partition coefficient (Wildman–Crippen LogP) is -3.06. The van der Waals surface area contributed by atoms with E-state index >= 15 is 0 Å². The minimum Gasteiger partial charge on any atom is -0.481 e. The van der Waals surface area contributed by atoms with Crippen LogP contribution in [0.15, 0.2) is 12.5 Å². The summed E-state index contributed by atoms with van der Waals surface area (Å²) in [6, 6.07) is -3.70. The van der Waals surface area contributed by atoms with Gasteiger partial charge in [-0.1, -0.05) is 0 Å². The number of nitrogens with two attached hydrogens (primary N) is 1. The molecule has 0 aliphatic rings. The van der Waals surface area contributed by atoms with Gasteiger partial charge in [0, 0.05) is 18.3 Å². The highest BCUT2D eigenvalue weighted by Crippen LogP contribution is 1.97. The first kappa shape index (κ1) is 22.6.